The number of hydrogen-bond donors (Lipinski definition) is 1. The van der Waals surface area contributed by atoms with Gasteiger partial charge in [-0.3, -0.25) is 0 Å². The second-order valence-electron chi connectivity index (χ2n) is 5.81. The van der Waals surface area contributed by atoms with Crippen LogP contribution in [-0.2, 0) is 0 Å². The minimum atomic E-state index is 0.393. The quantitative estimate of drug-likeness (QED) is 0.572. The van der Waals surface area contributed by atoms with Gasteiger partial charge in [-0.1, -0.05) is 46.8 Å². The summed E-state index contributed by atoms with van der Waals surface area (Å²) < 4.78 is 0. The Balaban J connectivity index is 0. The molecule has 0 aliphatic heterocycles. The van der Waals surface area contributed by atoms with E-state index >= 15 is 0 Å². The topological polar surface area (TPSA) is 26.0 Å². The zero-order valence-electron chi connectivity index (χ0n) is 11.2. The fourth-order valence-corrected chi connectivity index (χ4v) is 2.01. The van der Waals surface area contributed by atoms with E-state index in [0.717, 1.165) is 6.42 Å². The number of alkyl halides is 1. The molecule has 15 heavy (non-hydrogen) atoms. The standard InChI is InChI=1S/C12H25N.CH3Cl/c1-11(2,3)10-12(4,5)8-6-7-9-13;1-2/h6-7H,8-10,13H2,1-5H3;1H3. The van der Waals surface area contributed by atoms with Crippen molar-refractivity contribution >= 4 is 11.6 Å². The number of rotatable bonds is 4. The van der Waals surface area contributed by atoms with Crippen molar-refractivity contribution in [2.24, 2.45) is 16.6 Å². The second kappa shape index (κ2) is 8.18. The lowest BCUT2D eigenvalue weighted by Crippen LogP contribution is -2.20. The zero-order valence-corrected chi connectivity index (χ0v) is 12.0. The van der Waals surface area contributed by atoms with Crippen LogP contribution in [0.1, 0.15) is 47.5 Å². The first-order chi connectivity index (χ1) is 6.77. The number of hydrogen-bond acceptors (Lipinski definition) is 1. The summed E-state index contributed by atoms with van der Waals surface area (Å²) >= 11 is 4.64. The van der Waals surface area contributed by atoms with Gasteiger partial charge in [-0.25, -0.2) is 0 Å². The van der Waals surface area contributed by atoms with Crippen LogP contribution in [0, 0.1) is 10.8 Å². The molecule has 0 aromatic heterocycles. The van der Waals surface area contributed by atoms with E-state index in [2.05, 4.69) is 52.3 Å². The highest BCUT2D eigenvalue weighted by molar-refractivity contribution is 6.15. The molecule has 0 rings (SSSR count). The van der Waals surface area contributed by atoms with Crippen molar-refractivity contribution in [2.75, 3.05) is 12.9 Å². The molecule has 0 fully saturated rings. The predicted octanol–water partition coefficient (Wildman–Crippen LogP) is 4.21. The smallest absolute Gasteiger partial charge is 0.0108 e. The van der Waals surface area contributed by atoms with Crippen molar-refractivity contribution in [1.29, 1.82) is 0 Å². The molecule has 0 heterocycles. The van der Waals surface area contributed by atoms with Crippen molar-refractivity contribution in [1.82, 2.24) is 0 Å². The lowest BCUT2D eigenvalue weighted by atomic mass is 9.74. The molecular formula is C13H28ClN. The highest BCUT2D eigenvalue weighted by Gasteiger charge is 2.23. The lowest BCUT2D eigenvalue weighted by Gasteiger charge is -2.31. The third kappa shape index (κ3) is 14.0. The Morgan fingerprint density at radius 3 is 1.80 bits per heavy atom. The molecule has 0 saturated carbocycles. The molecule has 0 radical (unpaired) electrons. The Morgan fingerprint density at radius 2 is 1.47 bits per heavy atom. The van der Waals surface area contributed by atoms with Crippen molar-refractivity contribution in [3.05, 3.63) is 12.2 Å². The third-order valence-electron chi connectivity index (χ3n) is 1.98. The molecule has 0 spiro atoms. The minimum absolute atomic E-state index is 0.393. The molecule has 0 aromatic rings. The van der Waals surface area contributed by atoms with Gasteiger partial charge in [0.15, 0.2) is 0 Å². The fraction of sp³-hybridized carbons (Fsp3) is 0.846. The molecule has 0 saturated heterocycles. The van der Waals surface area contributed by atoms with E-state index in [4.69, 9.17) is 5.73 Å². The Hall–Kier alpha value is -0.0100. The van der Waals surface area contributed by atoms with E-state index in [-0.39, 0.29) is 0 Å². The highest BCUT2D eigenvalue weighted by atomic mass is 35.5. The van der Waals surface area contributed by atoms with Gasteiger partial charge in [0.25, 0.3) is 0 Å². The van der Waals surface area contributed by atoms with Gasteiger partial charge in [-0.15, -0.1) is 11.6 Å². The summed E-state index contributed by atoms with van der Waals surface area (Å²) in [5, 5.41) is 0. The normalized spacial score (nSPS) is 12.5. The maximum Gasteiger partial charge on any atom is 0.0108 e. The number of allylic oxidation sites excluding steroid dienone is 1. The molecule has 0 unspecified atom stereocenters. The maximum absolute atomic E-state index is 5.40. The Labute approximate surface area is 101 Å². The predicted molar refractivity (Wildman–Crippen MR) is 72.4 cm³/mol. The Morgan fingerprint density at radius 1 is 1.00 bits per heavy atom. The van der Waals surface area contributed by atoms with Gasteiger partial charge in [0.2, 0.25) is 0 Å². The summed E-state index contributed by atoms with van der Waals surface area (Å²) in [5.41, 5.74) is 6.21. The Bertz CT molecular complexity index is 166. The van der Waals surface area contributed by atoms with E-state index in [1.807, 2.05) is 6.08 Å². The molecule has 0 atom stereocenters. The largest absolute Gasteiger partial charge is 0.327 e. The van der Waals surface area contributed by atoms with Crippen molar-refractivity contribution in [3.8, 4) is 0 Å². The summed E-state index contributed by atoms with van der Waals surface area (Å²) in [6.07, 6.45) is 8.09. The van der Waals surface area contributed by atoms with E-state index in [9.17, 15) is 0 Å². The first kappa shape index (κ1) is 17.4. The Kier molecular flexibility index (Phi) is 9.48. The lowest BCUT2D eigenvalue weighted by molar-refractivity contribution is 0.215. The highest BCUT2D eigenvalue weighted by Crippen LogP contribution is 2.35. The van der Waals surface area contributed by atoms with Crippen LogP contribution >= 0.6 is 11.6 Å². The maximum atomic E-state index is 5.40. The molecular weight excluding hydrogens is 206 g/mol. The van der Waals surface area contributed by atoms with Gasteiger partial charge < -0.3 is 5.73 Å². The monoisotopic (exact) mass is 233 g/mol. The number of nitrogens with two attached hydrogens (primary N) is 1. The zero-order chi connectivity index (χ0) is 12.5. The molecule has 2 heteroatoms. The third-order valence-corrected chi connectivity index (χ3v) is 1.98. The summed E-state index contributed by atoms with van der Waals surface area (Å²) in [6.45, 7) is 12.2. The SMILES string of the molecule is CC(C)(C)CC(C)(C)CC=CCN.CCl. The van der Waals surface area contributed by atoms with Crippen molar-refractivity contribution in [2.45, 2.75) is 47.5 Å². The van der Waals surface area contributed by atoms with Gasteiger partial charge in [0, 0.05) is 12.9 Å². The van der Waals surface area contributed by atoms with Gasteiger partial charge in [-0.2, -0.15) is 0 Å². The van der Waals surface area contributed by atoms with Crippen LogP contribution < -0.4 is 5.73 Å². The summed E-state index contributed by atoms with van der Waals surface area (Å²) in [6, 6.07) is 0. The van der Waals surface area contributed by atoms with Crippen LogP contribution in [-0.4, -0.2) is 12.9 Å². The van der Waals surface area contributed by atoms with E-state index in [1.54, 1.807) is 0 Å². The van der Waals surface area contributed by atoms with Crippen LogP contribution in [0.5, 0.6) is 0 Å². The van der Waals surface area contributed by atoms with Crippen LogP contribution in [0.2, 0.25) is 0 Å². The summed E-state index contributed by atoms with van der Waals surface area (Å²) in [4.78, 5) is 0. The van der Waals surface area contributed by atoms with E-state index < -0.39 is 0 Å². The van der Waals surface area contributed by atoms with Gasteiger partial charge >= 0.3 is 0 Å². The van der Waals surface area contributed by atoms with Crippen LogP contribution in [0.25, 0.3) is 0 Å². The molecule has 2 N–H and O–H groups in total. The average Bonchev–Trinajstić information content (AvgIpc) is 2.03. The minimum Gasteiger partial charge on any atom is -0.327 e. The van der Waals surface area contributed by atoms with Crippen LogP contribution in [0.4, 0.5) is 0 Å². The molecule has 0 bridgehead atoms. The van der Waals surface area contributed by atoms with Gasteiger partial charge in [-0.05, 0) is 23.7 Å². The molecule has 92 valence electrons. The van der Waals surface area contributed by atoms with E-state index in [1.165, 1.54) is 12.8 Å². The molecule has 1 nitrogen and oxygen atoms in total. The summed E-state index contributed by atoms with van der Waals surface area (Å²) in [5.74, 6) is 0. The van der Waals surface area contributed by atoms with Gasteiger partial charge in [0.1, 0.15) is 0 Å². The first-order valence-corrected chi connectivity index (χ1v) is 6.25. The first-order valence-electron chi connectivity index (χ1n) is 5.50. The summed E-state index contributed by atoms with van der Waals surface area (Å²) in [7, 11) is 0. The van der Waals surface area contributed by atoms with E-state index in [0.29, 0.717) is 17.4 Å². The molecule has 0 aliphatic rings. The van der Waals surface area contributed by atoms with Crippen LogP contribution in [0.3, 0.4) is 0 Å². The fourth-order valence-electron chi connectivity index (χ4n) is 2.01. The number of halogens is 1. The van der Waals surface area contributed by atoms with Gasteiger partial charge in [0.05, 0.1) is 0 Å². The van der Waals surface area contributed by atoms with Crippen molar-refractivity contribution in [3.63, 3.8) is 0 Å². The molecule has 0 aromatic carbocycles. The average molecular weight is 234 g/mol. The molecule has 0 aliphatic carbocycles. The van der Waals surface area contributed by atoms with Crippen molar-refractivity contribution < 1.29 is 0 Å². The van der Waals surface area contributed by atoms with Crippen LogP contribution in [0.15, 0.2) is 12.2 Å². The second-order valence-corrected chi connectivity index (χ2v) is 5.81. The molecule has 0 amide bonds.